The van der Waals surface area contributed by atoms with Gasteiger partial charge in [-0.1, -0.05) is 6.92 Å². The first-order valence-electron chi connectivity index (χ1n) is 9.03. The van der Waals surface area contributed by atoms with Gasteiger partial charge in [0.15, 0.2) is 5.96 Å². The first kappa shape index (κ1) is 24.5. The van der Waals surface area contributed by atoms with Gasteiger partial charge in [0.1, 0.15) is 11.5 Å². The number of guanidine groups is 1. The molecule has 2 atom stereocenters. The third-order valence-corrected chi connectivity index (χ3v) is 4.94. The van der Waals surface area contributed by atoms with Gasteiger partial charge in [-0.2, -0.15) is 11.3 Å². The van der Waals surface area contributed by atoms with Crippen molar-refractivity contribution in [2.24, 2.45) is 4.99 Å². The van der Waals surface area contributed by atoms with Crippen molar-refractivity contribution < 1.29 is 14.6 Å². The Hall–Kier alpha value is -1.52. The Balaban J connectivity index is 0.00000392. The summed E-state index contributed by atoms with van der Waals surface area (Å²) in [5.74, 6) is 2.32. The minimum atomic E-state index is -0.756. The molecule has 0 spiro atoms. The smallest absolute Gasteiger partial charge is 0.191 e. The van der Waals surface area contributed by atoms with Crippen LogP contribution in [0.4, 0.5) is 0 Å². The summed E-state index contributed by atoms with van der Waals surface area (Å²) >= 11 is 1.70. The van der Waals surface area contributed by atoms with Crippen LogP contribution in [0.1, 0.15) is 37.0 Å². The van der Waals surface area contributed by atoms with Crippen molar-refractivity contribution in [3.63, 3.8) is 0 Å². The van der Waals surface area contributed by atoms with Gasteiger partial charge in [-0.15, -0.1) is 24.0 Å². The van der Waals surface area contributed by atoms with E-state index in [1.165, 1.54) is 5.56 Å². The number of nitrogens with zero attached hydrogens (tertiary/aromatic N) is 1. The molecule has 3 N–H and O–H groups in total. The van der Waals surface area contributed by atoms with Gasteiger partial charge in [0.05, 0.1) is 20.3 Å². The van der Waals surface area contributed by atoms with Crippen LogP contribution in [0.2, 0.25) is 0 Å². The molecule has 0 aliphatic carbocycles. The Morgan fingerprint density at radius 3 is 2.61 bits per heavy atom. The molecule has 6 nitrogen and oxygen atoms in total. The lowest BCUT2D eigenvalue weighted by atomic mass is 10.1. The number of rotatable bonds is 9. The van der Waals surface area contributed by atoms with E-state index in [0.29, 0.717) is 42.0 Å². The van der Waals surface area contributed by atoms with Gasteiger partial charge >= 0.3 is 0 Å². The van der Waals surface area contributed by atoms with Crippen LogP contribution in [0.5, 0.6) is 11.5 Å². The van der Waals surface area contributed by atoms with Crippen LogP contribution in [-0.2, 0) is 0 Å². The molecule has 8 heteroatoms. The molecule has 2 unspecified atom stereocenters. The molecule has 0 aliphatic heterocycles. The lowest BCUT2D eigenvalue weighted by Gasteiger charge is -2.18. The van der Waals surface area contributed by atoms with Crippen molar-refractivity contribution in [1.29, 1.82) is 0 Å². The Kier molecular flexibility index (Phi) is 11.2. The van der Waals surface area contributed by atoms with Crippen LogP contribution >= 0.6 is 35.3 Å². The van der Waals surface area contributed by atoms with E-state index >= 15 is 0 Å². The second-order valence-corrected chi connectivity index (χ2v) is 6.96. The van der Waals surface area contributed by atoms with Gasteiger partial charge in [0.2, 0.25) is 0 Å². The Morgan fingerprint density at radius 1 is 1.21 bits per heavy atom. The summed E-state index contributed by atoms with van der Waals surface area (Å²) in [6.45, 7) is 5.90. The Labute approximate surface area is 188 Å². The molecule has 1 heterocycles. The van der Waals surface area contributed by atoms with Gasteiger partial charge in [-0.3, -0.25) is 4.99 Å². The maximum Gasteiger partial charge on any atom is 0.191 e. The van der Waals surface area contributed by atoms with Crippen molar-refractivity contribution in [2.45, 2.75) is 25.9 Å². The molecule has 0 bridgehead atoms. The first-order valence-corrected chi connectivity index (χ1v) is 9.97. The van der Waals surface area contributed by atoms with Crippen molar-refractivity contribution >= 4 is 41.3 Å². The summed E-state index contributed by atoms with van der Waals surface area (Å²) in [5.41, 5.74) is 1.97. The molecular formula is C20H30IN3O3S. The molecule has 0 saturated heterocycles. The minimum Gasteiger partial charge on any atom is -0.497 e. The zero-order chi connectivity index (χ0) is 19.6. The zero-order valence-electron chi connectivity index (χ0n) is 16.8. The van der Waals surface area contributed by atoms with E-state index in [1.54, 1.807) is 43.8 Å². The number of thiophene rings is 1. The summed E-state index contributed by atoms with van der Waals surface area (Å²) in [5, 5.41) is 21.3. The number of aliphatic hydroxyl groups excluding tert-OH is 1. The summed E-state index contributed by atoms with van der Waals surface area (Å²) in [6, 6.07) is 7.51. The summed E-state index contributed by atoms with van der Waals surface area (Å²) in [7, 11) is 3.18. The van der Waals surface area contributed by atoms with Crippen molar-refractivity contribution in [3.05, 3.63) is 46.2 Å². The maximum absolute atomic E-state index is 10.6. The van der Waals surface area contributed by atoms with Gasteiger partial charge in [0.25, 0.3) is 0 Å². The molecular weight excluding hydrogens is 489 g/mol. The number of aliphatic imine (C=N–C) groups is 1. The zero-order valence-corrected chi connectivity index (χ0v) is 19.9. The SMILES string of the molecule is CCNC(=NCC(C)c1ccsc1)NCC(O)c1cc(OC)ccc1OC.I. The number of aliphatic hydroxyl groups is 1. The van der Waals surface area contributed by atoms with Gasteiger partial charge < -0.3 is 25.2 Å². The van der Waals surface area contributed by atoms with Crippen LogP contribution in [0.15, 0.2) is 40.0 Å². The normalized spacial score (nSPS) is 13.2. The monoisotopic (exact) mass is 519 g/mol. The molecule has 1 aromatic carbocycles. The number of hydrogen-bond acceptors (Lipinski definition) is 5. The molecule has 0 aliphatic rings. The lowest BCUT2D eigenvalue weighted by molar-refractivity contribution is 0.176. The van der Waals surface area contributed by atoms with E-state index in [4.69, 9.17) is 9.47 Å². The molecule has 0 radical (unpaired) electrons. The molecule has 156 valence electrons. The molecule has 2 aromatic rings. The molecule has 0 amide bonds. The highest BCUT2D eigenvalue weighted by Crippen LogP contribution is 2.29. The van der Waals surface area contributed by atoms with Gasteiger partial charge in [-0.05, 0) is 47.5 Å². The van der Waals surface area contributed by atoms with E-state index in [1.807, 2.05) is 6.92 Å². The largest absolute Gasteiger partial charge is 0.497 e. The predicted molar refractivity (Wildman–Crippen MR) is 127 cm³/mol. The van der Waals surface area contributed by atoms with Gasteiger partial charge in [-0.25, -0.2) is 0 Å². The molecule has 0 saturated carbocycles. The van der Waals surface area contributed by atoms with Gasteiger partial charge in [0, 0.05) is 31.1 Å². The number of methoxy groups -OCH3 is 2. The number of nitrogens with one attached hydrogen (secondary N) is 2. The Morgan fingerprint density at radius 2 is 2.00 bits per heavy atom. The highest BCUT2D eigenvalue weighted by atomic mass is 127. The van der Waals surface area contributed by atoms with Crippen molar-refractivity contribution in [2.75, 3.05) is 33.9 Å². The predicted octanol–water partition coefficient (Wildman–Crippen LogP) is 3.78. The van der Waals surface area contributed by atoms with Crippen molar-refractivity contribution in [3.8, 4) is 11.5 Å². The molecule has 28 heavy (non-hydrogen) atoms. The average Bonchev–Trinajstić information content (AvgIpc) is 3.24. The third kappa shape index (κ3) is 7.14. The van der Waals surface area contributed by atoms with Crippen molar-refractivity contribution in [1.82, 2.24) is 10.6 Å². The summed E-state index contributed by atoms with van der Waals surface area (Å²) < 4.78 is 10.6. The van der Waals surface area contributed by atoms with E-state index < -0.39 is 6.10 Å². The van der Waals surface area contributed by atoms with Crippen LogP contribution in [0.25, 0.3) is 0 Å². The van der Waals surface area contributed by atoms with Crippen LogP contribution < -0.4 is 20.1 Å². The standard InChI is InChI=1S/C20H29N3O3S.HI/c1-5-21-20(22-11-14(2)15-8-9-27-13-15)23-12-18(24)17-10-16(25-3)6-7-19(17)26-4;/h6-10,13-14,18,24H,5,11-12H2,1-4H3,(H2,21,22,23);1H. The highest BCUT2D eigenvalue weighted by Gasteiger charge is 2.15. The van der Waals surface area contributed by atoms with Crippen LogP contribution in [-0.4, -0.2) is 44.9 Å². The topological polar surface area (TPSA) is 75.1 Å². The maximum atomic E-state index is 10.6. The highest BCUT2D eigenvalue weighted by molar-refractivity contribution is 14.0. The minimum absolute atomic E-state index is 0. The lowest BCUT2D eigenvalue weighted by Crippen LogP contribution is -2.39. The summed E-state index contributed by atoms with van der Waals surface area (Å²) in [6.07, 6.45) is -0.756. The number of benzene rings is 1. The number of hydrogen-bond donors (Lipinski definition) is 3. The number of ether oxygens (including phenoxy) is 2. The molecule has 1 aromatic heterocycles. The second-order valence-electron chi connectivity index (χ2n) is 6.18. The third-order valence-electron chi connectivity index (χ3n) is 4.24. The van der Waals surface area contributed by atoms with Crippen LogP contribution in [0.3, 0.4) is 0 Å². The fraction of sp³-hybridized carbons (Fsp3) is 0.450. The fourth-order valence-corrected chi connectivity index (χ4v) is 3.42. The second kappa shape index (κ2) is 12.8. The van der Waals surface area contributed by atoms with E-state index in [-0.39, 0.29) is 24.0 Å². The number of halogens is 1. The molecule has 0 fully saturated rings. The van der Waals surface area contributed by atoms with Crippen LogP contribution in [0, 0.1) is 0 Å². The van der Waals surface area contributed by atoms with E-state index in [0.717, 1.165) is 6.54 Å². The quantitative estimate of drug-likeness (QED) is 0.267. The Bertz CT molecular complexity index is 725. The molecule has 2 rings (SSSR count). The summed E-state index contributed by atoms with van der Waals surface area (Å²) in [4.78, 5) is 4.64. The fourth-order valence-electron chi connectivity index (χ4n) is 2.63. The average molecular weight is 519 g/mol. The van der Waals surface area contributed by atoms with E-state index in [9.17, 15) is 5.11 Å². The first-order chi connectivity index (χ1) is 13.1. The van der Waals surface area contributed by atoms with E-state index in [2.05, 4.69) is 39.4 Å².